The van der Waals surface area contributed by atoms with E-state index in [0.717, 1.165) is 4.31 Å². The normalized spacial score (nSPS) is 12.9. The van der Waals surface area contributed by atoms with E-state index in [1.807, 2.05) is 13.8 Å². The predicted molar refractivity (Wildman–Crippen MR) is 162 cm³/mol. The fraction of sp³-hybridized carbons (Fsp3) is 0.310. The lowest BCUT2D eigenvalue weighted by Gasteiger charge is -2.33. The third kappa shape index (κ3) is 7.69. The second-order valence-corrected chi connectivity index (χ2v) is 12.6. The lowest BCUT2D eigenvalue weighted by molar-refractivity contribution is -0.139. The quantitative estimate of drug-likeness (QED) is 0.265. The molecule has 0 aromatic heterocycles. The van der Waals surface area contributed by atoms with Crippen molar-refractivity contribution in [1.29, 1.82) is 0 Å². The number of sulfonamides is 1. The average molecular weight is 625 g/mol. The van der Waals surface area contributed by atoms with Crippen LogP contribution < -0.4 is 9.62 Å². The molecule has 3 aromatic carbocycles. The van der Waals surface area contributed by atoms with Crippen LogP contribution in [-0.4, -0.2) is 43.8 Å². The van der Waals surface area contributed by atoms with Crippen LogP contribution >= 0.6 is 34.8 Å². The van der Waals surface area contributed by atoms with E-state index in [1.54, 1.807) is 62.4 Å². The maximum atomic E-state index is 14.0. The Hall–Kier alpha value is -2.78. The number of anilines is 1. The Bertz CT molecular complexity index is 1470. The Kier molecular flexibility index (Phi) is 10.9. The van der Waals surface area contributed by atoms with Crippen LogP contribution in [-0.2, 0) is 26.2 Å². The van der Waals surface area contributed by atoms with E-state index in [9.17, 15) is 18.0 Å². The lowest BCUT2D eigenvalue weighted by Crippen LogP contribution is -2.52. The van der Waals surface area contributed by atoms with Gasteiger partial charge in [0.2, 0.25) is 11.8 Å². The van der Waals surface area contributed by atoms with Crippen molar-refractivity contribution in [2.75, 3.05) is 10.8 Å². The molecule has 7 nitrogen and oxygen atoms in total. The SMILES string of the molecule is CC[C@H](C)NC(=O)[C@H](C)N(Cc1ccc(Cl)cc1Cl)C(=O)CN(c1cc(Cl)ccc1C)S(=O)(=O)c1ccccc1. The Morgan fingerprint density at radius 1 is 0.925 bits per heavy atom. The fourth-order valence-electron chi connectivity index (χ4n) is 3.97. The maximum Gasteiger partial charge on any atom is 0.264 e. The molecule has 0 aliphatic heterocycles. The highest BCUT2D eigenvalue weighted by atomic mass is 35.5. The van der Waals surface area contributed by atoms with Gasteiger partial charge in [0, 0.05) is 27.7 Å². The van der Waals surface area contributed by atoms with Gasteiger partial charge in [0.05, 0.1) is 10.6 Å². The zero-order valence-corrected chi connectivity index (χ0v) is 25.8. The average Bonchev–Trinajstić information content (AvgIpc) is 2.92. The van der Waals surface area contributed by atoms with Crippen LogP contribution in [0, 0.1) is 6.92 Å². The summed E-state index contributed by atoms with van der Waals surface area (Å²) in [5, 5.41) is 3.95. The number of halogens is 3. The Labute approximate surface area is 251 Å². The smallest absolute Gasteiger partial charge is 0.264 e. The first-order valence-electron chi connectivity index (χ1n) is 12.7. The van der Waals surface area contributed by atoms with Crippen molar-refractivity contribution in [1.82, 2.24) is 10.2 Å². The van der Waals surface area contributed by atoms with Gasteiger partial charge < -0.3 is 10.2 Å². The predicted octanol–water partition coefficient (Wildman–Crippen LogP) is 6.48. The first-order chi connectivity index (χ1) is 18.8. The summed E-state index contributed by atoms with van der Waals surface area (Å²) in [6, 6.07) is 16.5. The highest BCUT2D eigenvalue weighted by Crippen LogP contribution is 2.30. The molecule has 40 heavy (non-hydrogen) atoms. The number of nitrogens with zero attached hydrogens (tertiary/aromatic N) is 2. The van der Waals surface area contributed by atoms with Crippen LogP contribution in [0.4, 0.5) is 5.69 Å². The molecule has 0 spiro atoms. The minimum Gasteiger partial charge on any atom is -0.352 e. The van der Waals surface area contributed by atoms with Crippen molar-refractivity contribution in [3.05, 3.63) is 92.9 Å². The molecule has 0 radical (unpaired) electrons. The number of hydrogen-bond acceptors (Lipinski definition) is 4. The fourth-order valence-corrected chi connectivity index (χ4v) is 6.09. The molecule has 0 aliphatic carbocycles. The molecule has 0 bridgehead atoms. The van der Waals surface area contributed by atoms with Crippen LogP contribution in [0.1, 0.15) is 38.3 Å². The molecule has 0 saturated carbocycles. The van der Waals surface area contributed by atoms with E-state index in [-0.39, 0.29) is 29.1 Å². The van der Waals surface area contributed by atoms with Gasteiger partial charge in [-0.1, -0.05) is 72.1 Å². The van der Waals surface area contributed by atoms with Gasteiger partial charge in [-0.15, -0.1) is 0 Å². The summed E-state index contributed by atoms with van der Waals surface area (Å²) in [5.74, 6) is -0.971. The zero-order valence-electron chi connectivity index (χ0n) is 22.7. The monoisotopic (exact) mass is 623 g/mol. The Morgan fingerprint density at radius 2 is 1.55 bits per heavy atom. The molecule has 3 rings (SSSR count). The largest absolute Gasteiger partial charge is 0.352 e. The van der Waals surface area contributed by atoms with Crippen LogP contribution in [0.15, 0.2) is 71.6 Å². The Balaban J connectivity index is 2.08. The van der Waals surface area contributed by atoms with Gasteiger partial charge in [0.25, 0.3) is 10.0 Å². The number of carbonyl (C=O) groups is 2. The van der Waals surface area contributed by atoms with Crippen molar-refractivity contribution in [2.24, 2.45) is 0 Å². The molecular formula is C29H32Cl3N3O4S. The van der Waals surface area contributed by atoms with E-state index in [4.69, 9.17) is 34.8 Å². The van der Waals surface area contributed by atoms with Gasteiger partial charge in [-0.05, 0) is 74.7 Å². The highest BCUT2D eigenvalue weighted by Gasteiger charge is 2.33. The second-order valence-electron chi connectivity index (χ2n) is 9.51. The number of carbonyl (C=O) groups excluding carboxylic acids is 2. The van der Waals surface area contributed by atoms with Crippen molar-refractivity contribution in [2.45, 2.75) is 57.6 Å². The first-order valence-corrected chi connectivity index (χ1v) is 15.3. The van der Waals surface area contributed by atoms with E-state index < -0.39 is 28.5 Å². The number of hydrogen-bond donors (Lipinski definition) is 1. The van der Waals surface area contributed by atoms with Crippen molar-refractivity contribution in [3.8, 4) is 0 Å². The summed E-state index contributed by atoms with van der Waals surface area (Å²) >= 11 is 18.7. The summed E-state index contributed by atoms with van der Waals surface area (Å²) in [4.78, 5) is 28.5. The topological polar surface area (TPSA) is 86.8 Å². The maximum absolute atomic E-state index is 14.0. The molecule has 2 amide bonds. The third-order valence-corrected chi connectivity index (χ3v) is 9.17. The second kappa shape index (κ2) is 13.7. The summed E-state index contributed by atoms with van der Waals surface area (Å²) in [6.07, 6.45) is 0.701. The molecule has 0 heterocycles. The van der Waals surface area contributed by atoms with Crippen LogP contribution in [0.25, 0.3) is 0 Å². The van der Waals surface area contributed by atoms with Gasteiger partial charge >= 0.3 is 0 Å². The summed E-state index contributed by atoms with van der Waals surface area (Å²) in [5.41, 5.74) is 1.41. The minimum absolute atomic E-state index is 0.0111. The summed E-state index contributed by atoms with van der Waals surface area (Å²) < 4.78 is 28.8. The number of nitrogens with one attached hydrogen (secondary N) is 1. The van der Waals surface area contributed by atoms with Crippen molar-refractivity contribution in [3.63, 3.8) is 0 Å². The van der Waals surface area contributed by atoms with Gasteiger partial charge in [-0.25, -0.2) is 8.42 Å². The van der Waals surface area contributed by atoms with Crippen LogP contribution in [0.3, 0.4) is 0 Å². The molecule has 3 aromatic rings. The van der Waals surface area contributed by atoms with E-state index in [0.29, 0.717) is 32.6 Å². The lowest BCUT2D eigenvalue weighted by atomic mass is 10.1. The zero-order chi connectivity index (χ0) is 29.6. The molecule has 0 fully saturated rings. The molecule has 0 aliphatic rings. The van der Waals surface area contributed by atoms with Gasteiger partial charge in [0.15, 0.2) is 0 Å². The minimum atomic E-state index is -4.19. The summed E-state index contributed by atoms with van der Waals surface area (Å²) in [6.45, 7) is 6.51. The van der Waals surface area contributed by atoms with Gasteiger partial charge in [-0.3, -0.25) is 13.9 Å². The summed E-state index contributed by atoms with van der Waals surface area (Å²) in [7, 11) is -4.19. The number of aryl methyl sites for hydroxylation is 1. The Morgan fingerprint density at radius 3 is 2.17 bits per heavy atom. The number of benzene rings is 3. The molecule has 214 valence electrons. The standard InChI is InChI=1S/C29H32Cl3N3O4S/c1-5-20(3)33-29(37)21(4)34(17-22-12-14-23(30)15-26(22)32)28(36)18-35(27-16-24(31)13-11-19(27)2)40(38,39)25-9-7-6-8-10-25/h6-16,20-21H,5,17-18H2,1-4H3,(H,33,37)/t20-,21-/m0/s1. The molecule has 0 unspecified atom stereocenters. The van der Waals surface area contributed by atoms with Crippen molar-refractivity contribution < 1.29 is 18.0 Å². The third-order valence-electron chi connectivity index (χ3n) is 6.57. The van der Waals surface area contributed by atoms with E-state index in [2.05, 4.69) is 5.32 Å². The van der Waals surface area contributed by atoms with Crippen LogP contribution in [0.2, 0.25) is 15.1 Å². The molecule has 0 saturated heterocycles. The molecular weight excluding hydrogens is 593 g/mol. The first kappa shape index (κ1) is 31.7. The number of rotatable bonds is 11. The van der Waals surface area contributed by atoms with Crippen molar-refractivity contribution >= 4 is 62.3 Å². The van der Waals surface area contributed by atoms with E-state index in [1.165, 1.54) is 23.1 Å². The highest BCUT2D eigenvalue weighted by molar-refractivity contribution is 7.92. The molecule has 11 heteroatoms. The molecule has 2 atom stereocenters. The number of amides is 2. The van der Waals surface area contributed by atoms with Gasteiger partial charge in [-0.2, -0.15) is 0 Å². The van der Waals surface area contributed by atoms with Gasteiger partial charge in [0.1, 0.15) is 12.6 Å². The van der Waals surface area contributed by atoms with Crippen LogP contribution in [0.5, 0.6) is 0 Å². The van der Waals surface area contributed by atoms with E-state index >= 15 is 0 Å². The molecule has 1 N–H and O–H groups in total.